The molecule has 0 aliphatic heterocycles. The number of fused-ring (bicyclic) bond motifs is 3. The highest BCUT2D eigenvalue weighted by atomic mass is 16.6. The van der Waals surface area contributed by atoms with Gasteiger partial charge in [0, 0.05) is 34.1 Å². The van der Waals surface area contributed by atoms with E-state index in [1.54, 1.807) is 0 Å². The molecule has 3 rings (SSSR count). The molecule has 8 heteroatoms. The number of hydrogen-bond donors (Lipinski definition) is 0. The van der Waals surface area contributed by atoms with Gasteiger partial charge in [0.2, 0.25) is 0 Å². The van der Waals surface area contributed by atoms with Crippen molar-refractivity contribution >= 4 is 23.9 Å². The normalized spacial score (nSPS) is 35.3. The van der Waals surface area contributed by atoms with Crippen LogP contribution in [-0.2, 0) is 38.1 Å². The van der Waals surface area contributed by atoms with Gasteiger partial charge in [0.05, 0.1) is 5.41 Å². The third kappa shape index (κ3) is 4.96. The zero-order valence-electron chi connectivity index (χ0n) is 22.9. The third-order valence-electron chi connectivity index (χ3n) is 8.66. The Balaban J connectivity index is 2.36. The average Bonchev–Trinajstić information content (AvgIpc) is 2.72. The summed E-state index contributed by atoms with van der Waals surface area (Å²) in [7, 11) is 0. The highest BCUT2D eigenvalue weighted by Gasteiger charge is 2.62. The number of ether oxygens (including phenoxy) is 4. The lowest BCUT2D eigenvalue weighted by Crippen LogP contribution is -2.62. The van der Waals surface area contributed by atoms with E-state index in [0.29, 0.717) is 19.3 Å². The molecule has 0 aromatic rings. The summed E-state index contributed by atoms with van der Waals surface area (Å²) in [6.45, 7) is 15.5. The maximum Gasteiger partial charge on any atom is 0.303 e. The summed E-state index contributed by atoms with van der Waals surface area (Å²) in [5.41, 5.74) is 1.37. The first kappa shape index (κ1) is 27.9. The SMILES string of the molecule is CC(=O)O[C@H]1C[C@H]2C[C@@H]3C(C)=CC[C@H](OC(C)=O)[C@@]3(C)[C@@H](OC(C)=O)[C@H](OC(C)=O)C(=C1C)C2(C)C. The van der Waals surface area contributed by atoms with Crippen LogP contribution in [0.5, 0.6) is 0 Å². The van der Waals surface area contributed by atoms with E-state index < -0.39 is 53.2 Å². The Bertz CT molecular complexity index is 1010. The first-order valence-corrected chi connectivity index (χ1v) is 12.7. The van der Waals surface area contributed by atoms with Crippen LogP contribution in [-0.4, -0.2) is 48.3 Å². The maximum atomic E-state index is 12.5. The van der Waals surface area contributed by atoms with E-state index in [1.807, 2.05) is 20.8 Å². The highest BCUT2D eigenvalue weighted by Crippen LogP contribution is 2.60. The molecule has 0 aromatic carbocycles. The molecule has 36 heavy (non-hydrogen) atoms. The van der Waals surface area contributed by atoms with Crippen LogP contribution >= 0.6 is 0 Å². The molecule has 200 valence electrons. The molecule has 1 fully saturated rings. The summed E-state index contributed by atoms with van der Waals surface area (Å²) in [5, 5.41) is 0. The van der Waals surface area contributed by atoms with Gasteiger partial charge in [-0.15, -0.1) is 0 Å². The van der Waals surface area contributed by atoms with Crippen molar-refractivity contribution in [2.75, 3.05) is 0 Å². The van der Waals surface area contributed by atoms with Crippen LogP contribution in [0.3, 0.4) is 0 Å². The number of rotatable bonds is 4. The predicted molar refractivity (Wildman–Crippen MR) is 131 cm³/mol. The zero-order valence-corrected chi connectivity index (χ0v) is 22.9. The number of hydrogen-bond acceptors (Lipinski definition) is 8. The van der Waals surface area contributed by atoms with Crippen molar-refractivity contribution in [2.24, 2.45) is 22.7 Å². The Hall–Kier alpha value is -2.64. The van der Waals surface area contributed by atoms with E-state index in [4.69, 9.17) is 18.9 Å². The molecule has 1 saturated carbocycles. The number of carbonyl (C=O) groups excluding carboxylic acids is 4. The Labute approximate surface area is 213 Å². The van der Waals surface area contributed by atoms with Gasteiger partial charge in [-0.05, 0) is 55.1 Å². The first-order valence-electron chi connectivity index (χ1n) is 12.7. The summed E-state index contributed by atoms with van der Waals surface area (Å²) >= 11 is 0. The van der Waals surface area contributed by atoms with Crippen LogP contribution in [0.4, 0.5) is 0 Å². The van der Waals surface area contributed by atoms with Crippen LogP contribution in [0, 0.1) is 22.7 Å². The molecule has 0 saturated heterocycles. The number of esters is 4. The molecular weight excluding hydrogens is 464 g/mol. The molecule has 0 amide bonds. The van der Waals surface area contributed by atoms with Crippen LogP contribution in [0.25, 0.3) is 0 Å². The molecule has 0 heterocycles. The van der Waals surface area contributed by atoms with E-state index >= 15 is 0 Å². The fourth-order valence-corrected chi connectivity index (χ4v) is 6.98. The molecule has 0 aromatic heterocycles. The molecule has 0 N–H and O–H groups in total. The lowest BCUT2D eigenvalue weighted by molar-refractivity contribution is -0.203. The smallest absolute Gasteiger partial charge is 0.303 e. The lowest BCUT2D eigenvalue weighted by Gasteiger charge is -2.58. The van der Waals surface area contributed by atoms with Crippen LogP contribution < -0.4 is 0 Å². The molecule has 3 aliphatic carbocycles. The second-order valence-corrected chi connectivity index (χ2v) is 11.3. The fourth-order valence-electron chi connectivity index (χ4n) is 6.98. The monoisotopic (exact) mass is 504 g/mol. The largest absolute Gasteiger partial charge is 0.461 e. The van der Waals surface area contributed by atoms with Crippen molar-refractivity contribution in [3.8, 4) is 0 Å². The van der Waals surface area contributed by atoms with Gasteiger partial charge in [-0.1, -0.05) is 32.4 Å². The van der Waals surface area contributed by atoms with Gasteiger partial charge in [-0.25, -0.2) is 0 Å². The lowest BCUT2D eigenvalue weighted by atomic mass is 9.50. The van der Waals surface area contributed by atoms with Gasteiger partial charge in [0.15, 0.2) is 12.2 Å². The molecule has 2 bridgehead atoms. The van der Waals surface area contributed by atoms with Crippen molar-refractivity contribution in [2.45, 2.75) is 106 Å². The number of carbonyl (C=O) groups is 4. The van der Waals surface area contributed by atoms with Crippen molar-refractivity contribution < 1.29 is 38.1 Å². The molecule has 7 atom stereocenters. The van der Waals surface area contributed by atoms with Gasteiger partial charge in [-0.2, -0.15) is 0 Å². The van der Waals surface area contributed by atoms with Crippen LogP contribution in [0.1, 0.15) is 81.6 Å². The minimum atomic E-state index is -0.945. The van der Waals surface area contributed by atoms with Crippen molar-refractivity contribution in [3.63, 3.8) is 0 Å². The topological polar surface area (TPSA) is 105 Å². The molecule has 0 unspecified atom stereocenters. The van der Waals surface area contributed by atoms with E-state index in [9.17, 15) is 19.2 Å². The van der Waals surface area contributed by atoms with Crippen LogP contribution in [0.2, 0.25) is 0 Å². The fraction of sp³-hybridized carbons (Fsp3) is 0.714. The van der Waals surface area contributed by atoms with Crippen molar-refractivity contribution in [3.05, 3.63) is 22.8 Å². The Morgan fingerprint density at radius 1 is 0.806 bits per heavy atom. The zero-order chi connectivity index (χ0) is 27.2. The predicted octanol–water partition coefficient (Wildman–Crippen LogP) is 4.45. The van der Waals surface area contributed by atoms with E-state index in [2.05, 4.69) is 19.9 Å². The summed E-state index contributed by atoms with van der Waals surface area (Å²) in [5.74, 6) is -1.94. The summed E-state index contributed by atoms with van der Waals surface area (Å²) in [6.07, 6.45) is 0.913. The highest BCUT2D eigenvalue weighted by molar-refractivity contribution is 5.69. The standard InChI is InChI=1S/C28H40O8/c1-14-10-11-23(34-17(4)30)28(9)21(14)12-20-13-22(33-16(3)29)15(2)24(27(20,7)8)25(35-18(5)31)26(28)36-19(6)32/h10,20-23,25-26H,11-13H2,1-9H3/t20-,21-,22+,23+,25-,26+,28+/m1/s1. The van der Waals surface area contributed by atoms with Gasteiger partial charge in [0.25, 0.3) is 0 Å². The van der Waals surface area contributed by atoms with Crippen molar-refractivity contribution in [1.29, 1.82) is 0 Å². The summed E-state index contributed by atoms with van der Waals surface area (Å²) in [6, 6.07) is 0. The Morgan fingerprint density at radius 2 is 1.36 bits per heavy atom. The molecule has 0 radical (unpaired) electrons. The van der Waals surface area contributed by atoms with E-state index in [0.717, 1.165) is 16.7 Å². The molecule has 8 nitrogen and oxygen atoms in total. The van der Waals surface area contributed by atoms with Crippen LogP contribution in [0.15, 0.2) is 22.8 Å². The number of allylic oxidation sites excluding steroid dienone is 1. The van der Waals surface area contributed by atoms with E-state index in [-0.39, 0.29) is 17.8 Å². The van der Waals surface area contributed by atoms with E-state index in [1.165, 1.54) is 27.7 Å². The van der Waals surface area contributed by atoms with Gasteiger partial charge >= 0.3 is 23.9 Å². The summed E-state index contributed by atoms with van der Waals surface area (Å²) in [4.78, 5) is 49.2. The average molecular weight is 505 g/mol. The van der Waals surface area contributed by atoms with Gasteiger partial charge < -0.3 is 18.9 Å². The quantitative estimate of drug-likeness (QED) is 0.314. The third-order valence-corrected chi connectivity index (χ3v) is 8.66. The summed E-state index contributed by atoms with van der Waals surface area (Å²) < 4.78 is 23.6. The molecular formula is C28H40O8. The Kier molecular flexibility index (Phi) is 7.78. The van der Waals surface area contributed by atoms with Gasteiger partial charge in [0.1, 0.15) is 12.2 Å². The van der Waals surface area contributed by atoms with Gasteiger partial charge in [-0.3, -0.25) is 19.2 Å². The second-order valence-electron chi connectivity index (χ2n) is 11.3. The minimum absolute atomic E-state index is 0.0561. The maximum absolute atomic E-state index is 12.5. The minimum Gasteiger partial charge on any atom is -0.461 e. The molecule has 3 aliphatic rings. The Morgan fingerprint density at radius 3 is 1.89 bits per heavy atom. The van der Waals surface area contributed by atoms with Crippen molar-refractivity contribution in [1.82, 2.24) is 0 Å². The molecule has 0 spiro atoms. The first-order chi connectivity index (χ1) is 16.6. The second kappa shape index (κ2) is 10.0.